The molecule has 1 heterocycles. The minimum atomic E-state index is -0.745. The Kier molecular flexibility index (Phi) is 22.1. The molecule has 2 aromatic carbocycles. The number of fused-ring (bicyclic) bond motifs is 1. The van der Waals surface area contributed by atoms with E-state index in [-0.39, 0.29) is 12.3 Å². The maximum atomic E-state index is 11.1. The van der Waals surface area contributed by atoms with Crippen molar-refractivity contribution < 1.29 is 19.4 Å². The number of nitrogens with one attached hydrogen (secondary N) is 1. The number of aryl methyl sites for hydroxylation is 1. The summed E-state index contributed by atoms with van der Waals surface area (Å²) < 4.78 is 4.91. The lowest BCUT2D eigenvalue weighted by Gasteiger charge is -2.04. The third-order valence-electron chi connectivity index (χ3n) is 4.21. The third-order valence-corrected chi connectivity index (χ3v) is 4.21. The van der Waals surface area contributed by atoms with Gasteiger partial charge >= 0.3 is 5.97 Å². The van der Waals surface area contributed by atoms with Gasteiger partial charge < -0.3 is 15.2 Å². The van der Waals surface area contributed by atoms with Crippen molar-refractivity contribution in [2.75, 3.05) is 12.4 Å². The van der Waals surface area contributed by atoms with E-state index in [1.807, 2.05) is 76.2 Å². The molecule has 0 spiro atoms. The van der Waals surface area contributed by atoms with Gasteiger partial charge in [-0.3, -0.25) is 9.59 Å². The molecule has 0 aliphatic carbocycles. The molecule has 0 fully saturated rings. The number of carboxylic acids is 1. The lowest BCUT2D eigenvalue weighted by atomic mass is 10.1. The molecule has 0 aromatic heterocycles. The lowest BCUT2D eigenvalue weighted by Crippen LogP contribution is -2.08. The molecule has 0 saturated carbocycles. The van der Waals surface area contributed by atoms with Crippen LogP contribution in [0.2, 0.25) is 0 Å². The Morgan fingerprint density at radius 3 is 2.15 bits per heavy atom. The number of amides is 1. The van der Waals surface area contributed by atoms with Crippen molar-refractivity contribution >= 4 is 17.6 Å². The zero-order chi connectivity index (χ0) is 26.2. The second-order valence-corrected chi connectivity index (χ2v) is 6.57. The number of benzene rings is 2. The summed E-state index contributed by atoms with van der Waals surface area (Å²) in [7, 11) is 1.62. The number of hydrogen-bond donors (Lipinski definition) is 2. The molecule has 34 heavy (non-hydrogen) atoms. The highest BCUT2D eigenvalue weighted by Crippen LogP contribution is 2.20. The Hall–Kier alpha value is -3.34. The molecule has 1 amide bonds. The zero-order valence-corrected chi connectivity index (χ0v) is 21.8. The fourth-order valence-electron chi connectivity index (χ4n) is 2.52. The van der Waals surface area contributed by atoms with E-state index in [2.05, 4.69) is 30.1 Å². The first-order valence-corrected chi connectivity index (χ1v) is 12.0. The van der Waals surface area contributed by atoms with Gasteiger partial charge in [-0.05, 0) is 42.5 Å². The van der Waals surface area contributed by atoms with Crippen LogP contribution in [0.3, 0.4) is 0 Å². The van der Waals surface area contributed by atoms with E-state index in [4.69, 9.17) is 9.84 Å². The van der Waals surface area contributed by atoms with Gasteiger partial charge in [-0.25, -0.2) is 0 Å². The number of ether oxygens (including phenoxy) is 1. The van der Waals surface area contributed by atoms with Crippen molar-refractivity contribution in [3.8, 4) is 0 Å². The van der Waals surface area contributed by atoms with Gasteiger partial charge in [0.2, 0.25) is 5.91 Å². The number of rotatable bonds is 5. The molecule has 0 atom stereocenters. The highest BCUT2D eigenvalue weighted by molar-refractivity contribution is 5.92. The molecule has 5 nitrogen and oxygen atoms in total. The molecule has 0 bridgehead atoms. The van der Waals surface area contributed by atoms with E-state index in [0.717, 1.165) is 24.9 Å². The van der Waals surface area contributed by atoms with E-state index in [9.17, 15) is 9.59 Å². The quantitative estimate of drug-likeness (QED) is 0.352. The van der Waals surface area contributed by atoms with Gasteiger partial charge in [0.05, 0.1) is 7.11 Å². The second kappa shape index (κ2) is 22.8. The molecule has 0 unspecified atom stereocenters. The first-order valence-electron chi connectivity index (χ1n) is 12.0. The number of anilines is 1. The number of methoxy groups -OCH3 is 1. The van der Waals surface area contributed by atoms with Gasteiger partial charge in [0, 0.05) is 18.5 Å². The average Bonchev–Trinajstić information content (AvgIpc) is 3.08. The van der Waals surface area contributed by atoms with Crippen LogP contribution in [-0.2, 0) is 27.2 Å². The number of carboxylic acid groups (broad SMARTS) is 1. The summed E-state index contributed by atoms with van der Waals surface area (Å²) >= 11 is 0. The van der Waals surface area contributed by atoms with E-state index in [0.29, 0.717) is 12.2 Å². The Labute approximate surface area is 206 Å². The number of allylic oxidation sites excluding steroid dienone is 2. The first kappa shape index (κ1) is 32.8. The molecular formula is C29H43NO4. The fourth-order valence-corrected chi connectivity index (χ4v) is 2.52. The van der Waals surface area contributed by atoms with Crippen LogP contribution in [0, 0.1) is 0 Å². The number of carbonyl (C=O) groups excluding carboxylic acids is 1. The minimum Gasteiger partial charge on any atom is -0.497 e. The highest BCUT2D eigenvalue weighted by Gasteiger charge is 2.10. The van der Waals surface area contributed by atoms with Gasteiger partial charge in [-0.2, -0.15) is 0 Å². The Morgan fingerprint density at radius 1 is 1.03 bits per heavy atom. The Morgan fingerprint density at radius 2 is 1.59 bits per heavy atom. The molecule has 188 valence electrons. The van der Waals surface area contributed by atoms with Crippen LogP contribution in [0.5, 0.6) is 0 Å². The van der Waals surface area contributed by atoms with Crippen molar-refractivity contribution in [3.05, 3.63) is 90.2 Å². The van der Waals surface area contributed by atoms with Crippen LogP contribution in [0.25, 0.3) is 0 Å². The molecule has 1 aliphatic rings. The molecule has 2 N–H and O–H groups in total. The summed E-state index contributed by atoms with van der Waals surface area (Å²) in [5, 5.41) is 10.6. The first-order chi connectivity index (χ1) is 16.5. The van der Waals surface area contributed by atoms with Crippen molar-refractivity contribution in [1.29, 1.82) is 0 Å². The van der Waals surface area contributed by atoms with Gasteiger partial charge in [-0.1, -0.05) is 95.8 Å². The normalized spacial score (nSPS) is 11.1. The van der Waals surface area contributed by atoms with Crippen molar-refractivity contribution in [2.24, 2.45) is 0 Å². The van der Waals surface area contributed by atoms with Gasteiger partial charge in [0.15, 0.2) is 0 Å². The second-order valence-electron chi connectivity index (χ2n) is 6.57. The van der Waals surface area contributed by atoms with Crippen LogP contribution < -0.4 is 5.32 Å². The summed E-state index contributed by atoms with van der Waals surface area (Å²) in [4.78, 5) is 20.5. The molecule has 2 aromatic rings. The highest BCUT2D eigenvalue weighted by atomic mass is 16.5. The molecule has 0 saturated heterocycles. The Bertz CT molecular complexity index is 829. The predicted octanol–water partition coefficient (Wildman–Crippen LogP) is 7.44. The van der Waals surface area contributed by atoms with Crippen molar-refractivity contribution in [1.82, 2.24) is 0 Å². The zero-order valence-electron chi connectivity index (χ0n) is 21.8. The van der Waals surface area contributed by atoms with E-state index < -0.39 is 5.97 Å². The van der Waals surface area contributed by atoms with E-state index >= 15 is 0 Å². The van der Waals surface area contributed by atoms with Crippen LogP contribution in [0.1, 0.15) is 65.0 Å². The summed E-state index contributed by atoms with van der Waals surface area (Å²) in [5.74, 6) is 0.0841. The maximum Gasteiger partial charge on any atom is 0.303 e. The molecule has 3 rings (SSSR count). The molecule has 5 heteroatoms. The monoisotopic (exact) mass is 469 g/mol. The number of aliphatic carboxylic acids is 1. The van der Waals surface area contributed by atoms with Crippen LogP contribution in [0.15, 0.2) is 79.1 Å². The van der Waals surface area contributed by atoms with Gasteiger partial charge in [0.25, 0.3) is 0 Å². The maximum absolute atomic E-state index is 11.1. The SMILES string of the molecule is C=C(/C=C\Cc1ccccc1)OC.CC.CC.CCC(=O)O.O=C1CCCc2ccccc2N1. The van der Waals surface area contributed by atoms with Gasteiger partial charge in [-0.15, -0.1) is 0 Å². The number of hydrogen-bond acceptors (Lipinski definition) is 3. The molecular weight excluding hydrogens is 426 g/mol. The predicted molar refractivity (Wildman–Crippen MR) is 144 cm³/mol. The molecule has 0 radical (unpaired) electrons. The number of carbonyl (C=O) groups is 2. The summed E-state index contributed by atoms with van der Waals surface area (Å²) in [6.45, 7) is 13.3. The lowest BCUT2D eigenvalue weighted by molar-refractivity contribution is -0.136. The third kappa shape index (κ3) is 17.2. The summed E-state index contributed by atoms with van der Waals surface area (Å²) in [5.41, 5.74) is 3.53. The number of para-hydroxylation sites is 1. The van der Waals surface area contributed by atoms with Crippen LogP contribution in [0.4, 0.5) is 5.69 Å². The van der Waals surface area contributed by atoms with E-state index in [1.165, 1.54) is 11.1 Å². The summed E-state index contributed by atoms with van der Waals surface area (Å²) in [6, 6.07) is 18.3. The van der Waals surface area contributed by atoms with Crippen molar-refractivity contribution in [3.63, 3.8) is 0 Å². The standard InChI is InChI=1S/C12H14O.C10H11NO.C3H6O2.2C2H6/c1-11(13-2)7-6-10-12-8-4-3-5-9-12;12-10-7-3-5-8-4-1-2-6-9(8)11-10;1-2-3(4)5;2*1-2/h3-9H,1,10H2,2H3;1-2,4,6H,3,5,7H2,(H,11,12);2H2,1H3,(H,4,5);2*1-2H3/b7-6-;;;;. The van der Waals surface area contributed by atoms with Crippen LogP contribution >= 0.6 is 0 Å². The van der Waals surface area contributed by atoms with Crippen LogP contribution in [-0.4, -0.2) is 24.1 Å². The van der Waals surface area contributed by atoms with Gasteiger partial charge in [0.1, 0.15) is 5.76 Å². The Balaban J connectivity index is 0. The molecule has 1 aliphatic heterocycles. The van der Waals surface area contributed by atoms with Crippen molar-refractivity contribution in [2.45, 2.75) is 66.7 Å². The van der Waals surface area contributed by atoms with E-state index in [1.54, 1.807) is 14.0 Å². The fraction of sp³-hybridized carbons (Fsp3) is 0.379. The largest absolute Gasteiger partial charge is 0.497 e. The summed E-state index contributed by atoms with van der Waals surface area (Å²) in [6.07, 6.45) is 7.68. The topological polar surface area (TPSA) is 75.6 Å². The smallest absolute Gasteiger partial charge is 0.303 e. The average molecular weight is 470 g/mol. The minimum absolute atomic E-state index is 0.139.